The van der Waals surface area contributed by atoms with Crippen molar-refractivity contribution in [2.45, 2.75) is 52.0 Å². The summed E-state index contributed by atoms with van der Waals surface area (Å²) in [6, 6.07) is 2.74. The Balaban J connectivity index is 2.15. The molecule has 1 N–H and O–H groups in total. The molecule has 0 aromatic heterocycles. The second-order valence-corrected chi connectivity index (χ2v) is 7.06. The number of carbonyl (C=O) groups excluding carboxylic acids is 2. The average molecular weight is 407 g/mol. The van der Waals surface area contributed by atoms with E-state index < -0.39 is 4.92 Å². The van der Waals surface area contributed by atoms with E-state index in [1.54, 1.807) is 4.90 Å². The Kier molecular flexibility index (Phi) is 8.23. The topological polar surface area (TPSA) is 111 Å². The van der Waals surface area contributed by atoms with Crippen LogP contribution in [0.5, 0.6) is 5.75 Å². The summed E-state index contributed by atoms with van der Waals surface area (Å²) in [5.41, 5.74) is 0.465. The molecule has 0 aliphatic carbocycles. The van der Waals surface area contributed by atoms with E-state index >= 15 is 0 Å². The molecule has 0 bridgehead atoms. The third-order valence-corrected chi connectivity index (χ3v) is 5.00. The number of hydrogen-bond acceptors (Lipinski definition) is 7. The number of cyclic esters (lactones) is 1. The minimum Gasteiger partial charge on any atom is -0.490 e. The van der Waals surface area contributed by atoms with Gasteiger partial charge in [0.1, 0.15) is 0 Å². The molecule has 2 rings (SSSR count). The van der Waals surface area contributed by atoms with Gasteiger partial charge in [-0.1, -0.05) is 13.3 Å². The van der Waals surface area contributed by atoms with Gasteiger partial charge in [0.05, 0.1) is 18.6 Å². The number of benzene rings is 1. The molecule has 1 aliphatic heterocycles. The lowest BCUT2D eigenvalue weighted by atomic mass is 10.0. The van der Waals surface area contributed by atoms with Crippen molar-refractivity contribution in [2.75, 3.05) is 32.1 Å². The largest absolute Gasteiger partial charge is 0.490 e. The number of nitro benzene ring substituents is 1. The molecule has 1 aromatic carbocycles. The van der Waals surface area contributed by atoms with Crippen molar-refractivity contribution in [1.29, 1.82) is 0 Å². The standard InChI is InChI=1S/C20H29N3O6/c1-4-7-15(22-10-5-6-11-29-20(22)25)8-9-21-17-13-19(28-3)18(23(26)27)12-16(17)14(2)24/h12-13,15,21H,4-11H2,1-3H3. The number of hydrogen-bond donors (Lipinski definition) is 1. The highest BCUT2D eigenvalue weighted by Gasteiger charge is 2.26. The molecular weight excluding hydrogens is 378 g/mol. The molecule has 9 nitrogen and oxygen atoms in total. The Hall–Kier alpha value is -2.84. The second kappa shape index (κ2) is 10.6. The van der Waals surface area contributed by atoms with E-state index in [4.69, 9.17) is 9.47 Å². The minimum atomic E-state index is -0.572. The Morgan fingerprint density at radius 2 is 2.14 bits per heavy atom. The number of nitro groups is 1. The van der Waals surface area contributed by atoms with E-state index in [1.807, 2.05) is 0 Å². The van der Waals surface area contributed by atoms with Crippen molar-refractivity contribution >= 4 is 23.3 Å². The fraction of sp³-hybridized carbons (Fsp3) is 0.600. The highest BCUT2D eigenvalue weighted by atomic mass is 16.6. The number of carbonyl (C=O) groups is 2. The van der Waals surface area contributed by atoms with Gasteiger partial charge in [0.25, 0.3) is 0 Å². The lowest BCUT2D eigenvalue weighted by Gasteiger charge is -2.29. The SMILES string of the molecule is CCCC(CCNc1cc(OC)c([N+](=O)[O-])cc1C(C)=O)N1CCCCOC1=O. The number of ether oxygens (including phenoxy) is 2. The van der Waals surface area contributed by atoms with Crippen molar-refractivity contribution in [3.63, 3.8) is 0 Å². The Bertz CT molecular complexity index is 752. The van der Waals surface area contributed by atoms with Crippen molar-refractivity contribution in [1.82, 2.24) is 4.90 Å². The van der Waals surface area contributed by atoms with Gasteiger partial charge in [0.2, 0.25) is 0 Å². The summed E-state index contributed by atoms with van der Waals surface area (Å²) < 4.78 is 10.4. The lowest BCUT2D eigenvalue weighted by molar-refractivity contribution is -0.385. The molecule has 160 valence electrons. The van der Waals surface area contributed by atoms with Crippen LogP contribution >= 0.6 is 0 Å². The van der Waals surface area contributed by atoms with Crippen molar-refractivity contribution in [3.05, 3.63) is 27.8 Å². The van der Waals surface area contributed by atoms with E-state index in [9.17, 15) is 19.7 Å². The highest BCUT2D eigenvalue weighted by Crippen LogP contribution is 2.33. The minimum absolute atomic E-state index is 0.0267. The third kappa shape index (κ3) is 5.82. The third-order valence-electron chi connectivity index (χ3n) is 5.00. The summed E-state index contributed by atoms with van der Waals surface area (Å²) >= 11 is 0. The van der Waals surface area contributed by atoms with Gasteiger partial charge in [-0.25, -0.2) is 4.79 Å². The molecule has 0 spiro atoms. The predicted molar refractivity (Wildman–Crippen MR) is 109 cm³/mol. The first-order valence-corrected chi connectivity index (χ1v) is 9.93. The first kappa shape index (κ1) is 22.4. The van der Waals surface area contributed by atoms with Crippen LogP contribution in [0.2, 0.25) is 0 Å². The Morgan fingerprint density at radius 1 is 1.38 bits per heavy atom. The Morgan fingerprint density at radius 3 is 2.76 bits per heavy atom. The number of Topliss-reactive ketones (excluding diaryl/α,β-unsaturated/α-hetero) is 1. The normalized spacial score (nSPS) is 15.3. The first-order chi connectivity index (χ1) is 13.9. The predicted octanol–water partition coefficient (Wildman–Crippen LogP) is 4.01. The van der Waals surface area contributed by atoms with E-state index in [1.165, 1.54) is 26.2 Å². The molecule has 1 atom stereocenters. The van der Waals surface area contributed by atoms with Crippen molar-refractivity contribution in [2.24, 2.45) is 0 Å². The molecule has 1 fully saturated rings. The van der Waals surface area contributed by atoms with E-state index in [2.05, 4.69) is 12.2 Å². The lowest BCUT2D eigenvalue weighted by Crippen LogP contribution is -2.41. The molecule has 1 amide bonds. The zero-order valence-electron chi connectivity index (χ0n) is 17.2. The molecule has 1 aromatic rings. The van der Waals surface area contributed by atoms with E-state index in [-0.39, 0.29) is 34.9 Å². The van der Waals surface area contributed by atoms with Gasteiger partial charge >= 0.3 is 11.8 Å². The first-order valence-electron chi connectivity index (χ1n) is 9.93. The molecule has 1 saturated heterocycles. The fourth-order valence-electron chi connectivity index (χ4n) is 3.52. The molecule has 1 unspecified atom stereocenters. The summed E-state index contributed by atoms with van der Waals surface area (Å²) in [4.78, 5) is 36.7. The zero-order chi connectivity index (χ0) is 21.4. The molecule has 29 heavy (non-hydrogen) atoms. The summed E-state index contributed by atoms with van der Waals surface area (Å²) in [6.45, 7) is 5.06. The van der Waals surface area contributed by atoms with Gasteiger partial charge in [0, 0.05) is 42.5 Å². The van der Waals surface area contributed by atoms with E-state index in [0.29, 0.717) is 31.8 Å². The number of amides is 1. The van der Waals surface area contributed by atoms with Gasteiger partial charge in [-0.15, -0.1) is 0 Å². The number of methoxy groups -OCH3 is 1. The quantitative estimate of drug-likeness (QED) is 0.354. The van der Waals surface area contributed by atoms with Crippen molar-refractivity contribution in [3.8, 4) is 5.75 Å². The molecule has 9 heteroatoms. The van der Waals surface area contributed by atoms with Crippen LogP contribution in [0.4, 0.5) is 16.2 Å². The van der Waals surface area contributed by atoms with Gasteiger partial charge in [-0.3, -0.25) is 14.9 Å². The second-order valence-electron chi connectivity index (χ2n) is 7.06. The summed E-state index contributed by atoms with van der Waals surface area (Å²) in [5.74, 6) is -0.192. The number of nitrogens with zero attached hydrogens (tertiary/aromatic N) is 2. The van der Waals surface area contributed by atoms with Crippen LogP contribution < -0.4 is 10.1 Å². The summed E-state index contributed by atoms with van der Waals surface area (Å²) in [6.07, 6.45) is 3.94. The highest BCUT2D eigenvalue weighted by molar-refractivity contribution is 6.00. The van der Waals surface area contributed by atoms with Crippen LogP contribution in [-0.4, -0.2) is 54.5 Å². The molecule has 1 aliphatic rings. The summed E-state index contributed by atoms with van der Waals surface area (Å²) in [7, 11) is 1.35. The summed E-state index contributed by atoms with van der Waals surface area (Å²) in [5, 5.41) is 14.4. The van der Waals surface area contributed by atoms with Gasteiger partial charge in [0.15, 0.2) is 11.5 Å². The van der Waals surface area contributed by atoms with Crippen LogP contribution in [0.15, 0.2) is 12.1 Å². The van der Waals surface area contributed by atoms with Crippen LogP contribution in [0, 0.1) is 10.1 Å². The maximum atomic E-state index is 12.3. The van der Waals surface area contributed by atoms with Crippen LogP contribution in [0.1, 0.15) is 56.3 Å². The number of anilines is 1. The van der Waals surface area contributed by atoms with Gasteiger partial charge in [-0.2, -0.15) is 0 Å². The van der Waals surface area contributed by atoms with E-state index in [0.717, 1.165) is 25.7 Å². The van der Waals surface area contributed by atoms with Crippen LogP contribution in [0.3, 0.4) is 0 Å². The average Bonchev–Trinajstić information content (AvgIpc) is 2.90. The van der Waals surface area contributed by atoms with Crippen molar-refractivity contribution < 1.29 is 24.0 Å². The maximum Gasteiger partial charge on any atom is 0.410 e. The maximum absolute atomic E-state index is 12.3. The smallest absolute Gasteiger partial charge is 0.410 e. The molecule has 1 heterocycles. The number of ketones is 1. The monoisotopic (exact) mass is 407 g/mol. The number of rotatable bonds is 10. The molecule has 0 saturated carbocycles. The molecular formula is C20H29N3O6. The Labute approximate surface area is 170 Å². The van der Waals surface area contributed by atoms with Crippen LogP contribution in [0.25, 0.3) is 0 Å². The fourth-order valence-corrected chi connectivity index (χ4v) is 3.52. The van der Waals surface area contributed by atoms with Crippen LogP contribution in [-0.2, 0) is 4.74 Å². The number of nitrogens with one attached hydrogen (secondary N) is 1. The van der Waals surface area contributed by atoms with Gasteiger partial charge < -0.3 is 19.7 Å². The van der Waals surface area contributed by atoms with Gasteiger partial charge in [-0.05, 0) is 32.6 Å². The molecule has 0 radical (unpaired) electrons. The zero-order valence-corrected chi connectivity index (χ0v) is 17.2.